The van der Waals surface area contributed by atoms with Gasteiger partial charge in [-0.3, -0.25) is 4.79 Å². The number of hydrogen-bond acceptors (Lipinski definition) is 4. The summed E-state index contributed by atoms with van der Waals surface area (Å²) < 4.78 is 10.2. The smallest absolute Gasteiger partial charge is 0.325 e. The molecule has 94 valence electrons. The van der Waals surface area contributed by atoms with Crippen LogP contribution in [0.1, 0.15) is 6.92 Å². The number of benzene rings is 1. The summed E-state index contributed by atoms with van der Waals surface area (Å²) in [6.07, 6.45) is 0. The quantitative estimate of drug-likeness (QED) is 0.849. The molecule has 5 nitrogen and oxygen atoms in total. The molecular formula is C11H14ClNO4. The van der Waals surface area contributed by atoms with E-state index in [0.29, 0.717) is 22.2 Å². The molecule has 0 aliphatic rings. The zero-order chi connectivity index (χ0) is 13.0. The maximum atomic E-state index is 10.8. The maximum Gasteiger partial charge on any atom is 0.325 e. The molecule has 2 N–H and O–H groups in total. The van der Waals surface area contributed by atoms with Crippen LogP contribution in [0.3, 0.4) is 0 Å². The molecule has 0 amide bonds. The van der Waals surface area contributed by atoms with Crippen molar-refractivity contribution in [3.8, 4) is 11.5 Å². The lowest BCUT2D eigenvalue weighted by molar-refractivity contribution is -0.137. The number of nitrogens with one attached hydrogen (secondary N) is 1. The Labute approximate surface area is 104 Å². The zero-order valence-electron chi connectivity index (χ0n) is 9.78. The van der Waals surface area contributed by atoms with Gasteiger partial charge in [-0.15, -0.1) is 0 Å². The summed E-state index contributed by atoms with van der Waals surface area (Å²) in [5.74, 6) is -0.0441. The van der Waals surface area contributed by atoms with Crippen molar-refractivity contribution in [2.45, 2.75) is 13.0 Å². The van der Waals surface area contributed by atoms with Crippen LogP contribution in [0.25, 0.3) is 0 Å². The van der Waals surface area contributed by atoms with E-state index in [0.717, 1.165) is 0 Å². The summed E-state index contributed by atoms with van der Waals surface area (Å²) in [6, 6.07) is 2.42. The van der Waals surface area contributed by atoms with E-state index < -0.39 is 12.0 Å². The monoisotopic (exact) mass is 259 g/mol. The van der Waals surface area contributed by atoms with Crippen molar-refractivity contribution < 1.29 is 19.4 Å². The lowest BCUT2D eigenvalue weighted by atomic mass is 10.2. The van der Waals surface area contributed by atoms with Gasteiger partial charge in [0.1, 0.15) is 17.5 Å². The second-order valence-corrected chi connectivity index (χ2v) is 3.80. The Kier molecular flexibility index (Phi) is 4.45. The van der Waals surface area contributed by atoms with Crippen LogP contribution in [0, 0.1) is 0 Å². The van der Waals surface area contributed by atoms with Crippen molar-refractivity contribution in [3.05, 3.63) is 17.2 Å². The average Bonchev–Trinajstić information content (AvgIpc) is 2.30. The number of halogens is 1. The highest BCUT2D eigenvalue weighted by molar-refractivity contribution is 6.32. The van der Waals surface area contributed by atoms with E-state index in [2.05, 4.69) is 5.32 Å². The highest BCUT2D eigenvalue weighted by atomic mass is 35.5. The predicted octanol–water partition coefficient (Wildman–Crippen LogP) is 2.24. The summed E-state index contributed by atoms with van der Waals surface area (Å²) in [6.45, 7) is 1.53. The van der Waals surface area contributed by atoms with Crippen molar-refractivity contribution in [2.75, 3.05) is 19.5 Å². The van der Waals surface area contributed by atoms with Crippen LogP contribution in [0.2, 0.25) is 5.02 Å². The zero-order valence-corrected chi connectivity index (χ0v) is 10.5. The number of hydrogen-bond donors (Lipinski definition) is 2. The Morgan fingerprint density at radius 2 is 1.94 bits per heavy atom. The van der Waals surface area contributed by atoms with Gasteiger partial charge in [0.05, 0.1) is 24.9 Å². The Hall–Kier alpha value is -1.62. The lowest BCUT2D eigenvalue weighted by Gasteiger charge is -2.16. The molecule has 1 atom stereocenters. The average molecular weight is 260 g/mol. The molecule has 1 aromatic carbocycles. The Bertz CT molecular complexity index is 422. The molecule has 17 heavy (non-hydrogen) atoms. The SMILES string of the molecule is COc1cc(NC(C)C(=O)O)c(OC)cc1Cl. The number of rotatable bonds is 5. The first-order valence-electron chi connectivity index (χ1n) is 4.90. The van der Waals surface area contributed by atoms with E-state index in [1.54, 1.807) is 12.1 Å². The van der Waals surface area contributed by atoms with Gasteiger partial charge in [-0.25, -0.2) is 0 Å². The summed E-state index contributed by atoms with van der Waals surface area (Å²) in [5.41, 5.74) is 0.517. The minimum absolute atomic E-state index is 0.401. The summed E-state index contributed by atoms with van der Waals surface area (Å²) in [7, 11) is 2.97. The van der Waals surface area contributed by atoms with E-state index in [1.807, 2.05) is 0 Å². The number of methoxy groups -OCH3 is 2. The molecule has 0 spiro atoms. The van der Waals surface area contributed by atoms with E-state index in [1.165, 1.54) is 21.1 Å². The predicted molar refractivity (Wildman–Crippen MR) is 65.3 cm³/mol. The van der Waals surface area contributed by atoms with Crippen molar-refractivity contribution in [1.82, 2.24) is 0 Å². The number of anilines is 1. The van der Waals surface area contributed by atoms with Crippen LogP contribution in [0.15, 0.2) is 12.1 Å². The van der Waals surface area contributed by atoms with Gasteiger partial charge in [-0.1, -0.05) is 11.6 Å². The molecule has 0 aliphatic heterocycles. The Morgan fingerprint density at radius 1 is 1.35 bits per heavy atom. The minimum atomic E-state index is -0.957. The maximum absolute atomic E-state index is 10.8. The molecule has 1 rings (SSSR count). The van der Waals surface area contributed by atoms with E-state index in [-0.39, 0.29) is 0 Å². The normalized spacial score (nSPS) is 11.8. The fraction of sp³-hybridized carbons (Fsp3) is 0.364. The van der Waals surface area contributed by atoms with Gasteiger partial charge >= 0.3 is 5.97 Å². The molecule has 0 aliphatic carbocycles. The number of aliphatic carboxylic acids is 1. The molecular weight excluding hydrogens is 246 g/mol. The van der Waals surface area contributed by atoms with Crippen LogP contribution in [-0.4, -0.2) is 31.3 Å². The molecule has 1 unspecified atom stereocenters. The first-order chi connectivity index (χ1) is 7.99. The third-order valence-corrected chi connectivity index (χ3v) is 2.51. The van der Waals surface area contributed by atoms with Gasteiger partial charge in [0.2, 0.25) is 0 Å². The van der Waals surface area contributed by atoms with Gasteiger partial charge < -0.3 is 19.9 Å². The van der Waals surface area contributed by atoms with Crippen molar-refractivity contribution in [1.29, 1.82) is 0 Å². The first-order valence-corrected chi connectivity index (χ1v) is 5.28. The number of carbonyl (C=O) groups is 1. The van der Waals surface area contributed by atoms with Crippen molar-refractivity contribution >= 4 is 23.3 Å². The second-order valence-electron chi connectivity index (χ2n) is 3.39. The number of carboxylic acids is 1. The number of ether oxygens (including phenoxy) is 2. The standard InChI is InChI=1S/C11H14ClNO4/c1-6(11(14)15)13-8-5-9(16-2)7(12)4-10(8)17-3/h4-6,13H,1-3H3,(H,14,15). The molecule has 1 aromatic rings. The van der Waals surface area contributed by atoms with Gasteiger partial charge in [0, 0.05) is 12.1 Å². The fourth-order valence-electron chi connectivity index (χ4n) is 1.27. The minimum Gasteiger partial charge on any atom is -0.495 e. The third-order valence-electron chi connectivity index (χ3n) is 2.22. The van der Waals surface area contributed by atoms with E-state index in [9.17, 15) is 4.79 Å². The molecule has 6 heteroatoms. The third kappa shape index (κ3) is 3.17. The van der Waals surface area contributed by atoms with Crippen LogP contribution >= 0.6 is 11.6 Å². The molecule has 0 heterocycles. The van der Waals surface area contributed by atoms with Crippen LogP contribution < -0.4 is 14.8 Å². The van der Waals surface area contributed by atoms with Crippen LogP contribution in [0.4, 0.5) is 5.69 Å². The molecule has 0 bridgehead atoms. The van der Waals surface area contributed by atoms with E-state index >= 15 is 0 Å². The fourth-order valence-corrected chi connectivity index (χ4v) is 1.50. The van der Waals surface area contributed by atoms with Crippen molar-refractivity contribution in [2.24, 2.45) is 0 Å². The van der Waals surface area contributed by atoms with Gasteiger partial charge in [-0.05, 0) is 6.92 Å². The number of carboxylic acid groups (broad SMARTS) is 1. The molecule has 0 saturated carbocycles. The summed E-state index contributed by atoms with van der Waals surface area (Å²) >= 11 is 5.93. The van der Waals surface area contributed by atoms with Crippen molar-refractivity contribution in [3.63, 3.8) is 0 Å². The molecule has 0 fully saturated rings. The highest BCUT2D eigenvalue weighted by Crippen LogP contribution is 2.36. The lowest BCUT2D eigenvalue weighted by Crippen LogP contribution is -2.25. The Balaban J connectivity index is 3.08. The molecule has 0 aromatic heterocycles. The van der Waals surface area contributed by atoms with Crippen LogP contribution in [-0.2, 0) is 4.79 Å². The highest BCUT2D eigenvalue weighted by Gasteiger charge is 2.15. The second kappa shape index (κ2) is 5.63. The van der Waals surface area contributed by atoms with Crippen LogP contribution in [0.5, 0.6) is 11.5 Å². The summed E-state index contributed by atoms with van der Waals surface area (Å²) in [4.78, 5) is 10.8. The van der Waals surface area contributed by atoms with Gasteiger partial charge in [0.15, 0.2) is 0 Å². The van der Waals surface area contributed by atoms with E-state index in [4.69, 9.17) is 26.2 Å². The van der Waals surface area contributed by atoms with Gasteiger partial charge in [-0.2, -0.15) is 0 Å². The largest absolute Gasteiger partial charge is 0.495 e. The topological polar surface area (TPSA) is 67.8 Å². The molecule has 0 radical (unpaired) electrons. The molecule has 0 saturated heterocycles. The Morgan fingerprint density at radius 3 is 2.41 bits per heavy atom. The van der Waals surface area contributed by atoms with Gasteiger partial charge in [0.25, 0.3) is 0 Å². The summed E-state index contributed by atoms with van der Waals surface area (Å²) in [5, 5.41) is 12.0. The first kappa shape index (κ1) is 13.4.